The molecular formula is C21H19ClN4O4. The molecule has 0 radical (unpaired) electrons. The number of aryl methyl sites for hydroxylation is 1. The zero-order valence-corrected chi connectivity index (χ0v) is 16.8. The van der Waals surface area contributed by atoms with Crippen LogP contribution in [0, 0.1) is 6.92 Å². The topological polar surface area (TPSA) is 113 Å². The van der Waals surface area contributed by atoms with Gasteiger partial charge in [-0.3, -0.25) is 10.1 Å². The van der Waals surface area contributed by atoms with Crippen LogP contribution in [0.5, 0.6) is 5.75 Å². The molecule has 0 bridgehead atoms. The van der Waals surface area contributed by atoms with Crippen molar-refractivity contribution in [1.29, 1.82) is 0 Å². The van der Waals surface area contributed by atoms with Crippen molar-refractivity contribution in [2.24, 2.45) is 0 Å². The Labute approximate surface area is 177 Å². The van der Waals surface area contributed by atoms with E-state index in [1.807, 2.05) is 0 Å². The van der Waals surface area contributed by atoms with Gasteiger partial charge in [-0.1, -0.05) is 17.7 Å². The standard InChI is InChI=1S/C21H19ClN4O4/c1-13-5-10-17(19(22)23-13)20(27)25-15-6-8-16(9-7-15)30-12-11-14-3-2-4-18(24-14)26-21(28)29/h2-10H,11-12H2,1H3,(H,24,26)(H,25,27)(H,28,29). The van der Waals surface area contributed by atoms with E-state index in [1.54, 1.807) is 61.5 Å². The summed E-state index contributed by atoms with van der Waals surface area (Å²) in [6.07, 6.45) is -0.656. The van der Waals surface area contributed by atoms with Crippen molar-refractivity contribution in [2.75, 3.05) is 17.2 Å². The van der Waals surface area contributed by atoms with E-state index in [0.29, 0.717) is 35.7 Å². The zero-order valence-electron chi connectivity index (χ0n) is 16.1. The molecule has 0 fully saturated rings. The zero-order chi connectivity index (χ0) is 21.5. The number of pyridine rings is 2. The van der Waals surface area contributed by atoms with Crippen LogP contribution < -0.4 is 15.4 Å². The predicted octanol–water partition coefficient (Wildman–Crippen LogP) is 4.40. The first kappa shape index (κ1) is 21.1. The molecule has 1 aromatic carbocycles. The lowest BCUT2D eigenvalue weighted by Crippen LogP contribution is -2.13. The number of carbonyl (C=O) groups is 2. The number of halogens is 1. The Morgan fingerprint density at radius 1 is 1.03 bits per heavy atom. The van der Waals surface area contributed by atoms with Crippen LogP contribution in [-0.4, -0.2) is 33.7 Å². The quantitative estimate of drug-likeness (QED) is 0.482. The summed E-state index contributed by atoms with van der Waals surface area (Å²) in [5.74, 6) is 0.550. The van der Waals surface area contributed by atoms with Crippen LogP contribution >= 0.6 is 11.6 Å². The Hall–Kier alpha value is -3.65. The Kier molecular flexibility index (Phi) is 6.82. The molecule has 0 aliphatic carbocycles. The first-order valence-corrected chi connectivity index (χ1v) is 9.42. The molecule has 8 nitrogen and oxygen atoms in total. The largest absolute Gasteiger partial charge is 0.493 e. The van der Waals surface area contributed by atoms with Crippen LogP contribution in [0.1, 0.15) is 21.7 Å². The molecule has 0 spiro atoms. The second-order valence-corrected chi connectivity index (χ2v) is 6.67. The van der Waals surface area contributed by atoms with Crippen LogP contribution in [0.3, 0.4) is 0 Å². The number of amides is 2. The van der Waals surface area contributed by atoms with Crippen molar-refractivity contribution in [3.05, 3.63) is 76.7 Å². The van der Waals surface area contributed by atoms with Gasteiger partial charge in [0.1, 0.15) is 16.7 Å². The average molecular weight is 427 g/mol. The van der Waals surface area contributed by atoms with Gasteiger partial charge in [0.25, 0.3) is 5.91 Å². The minimum absolute atomic E-state index is 0.156. The lowest BCUT2D eigenvalue weighted by atomic mass is 10.2. The number of anilines is 2. The van der Waals surface area contributed by atoms with Gasteiger partial charge >= 0.3 is 6.09 Å². The molecule has 3 N–H and O–H groups in total. The highest BCUT2D eigenvalue weighted by Crippen LogP contribution is 2.19. The van der Waals surface area contributed by atoms with Gasteiger partial charge in [0.05, 0.1) is 12.2 Å². The highest BCUT2D eigenvalue weighted by molar-refractivity contribution is 6.33. The summed E-state index contributed by atoms with van der Waals surface area (Å²) in [6.45, 7) is 2.16. The summed E-state index contributed by atoms with van der Waals surface area (Å²) < 4.78 is 5.69. The second kappa shape index (κ2) is 9.71. The van der Waals surface area contributed by atoms with E-state index < -0.39 is 6.09 Å². The predicted molar refractivity (Wildman–Crippen MR) is 113 cm³/mol. The lowest BCUT2D eigenvalue weighted by Gasteiger charge is -2.09. The van der Waals surface area contributed by atoms with Crippen molar-refractivity contribution in [3.8, 4) is 5.75 Å². The number of nitrogens with zero attached hydrogens (tertiary/aromatic N) is 2. The summed E-state index contributed by atoms with van der Waals surface area (Å²) in [4.78, 5) is 31.3. The third kappa shape index (κ3) is 5.92. The first-order chi connectivity index (χ1) is 14.4. The van der Waals surface area contributed by atoms with Gasteiger partial charge in [0.2, 0.25) is 0 Å². The van der Waals surface area contributed by atoms with Crippen molar-refractivity contribution in [2.45, 2.75) is 13.3 Å². The van der Waals surface area contributed by atoms with Crippen molar-refractivity contribution in [3.63, 3.8) is 0 Å². The molecular weight excluding hydrogens is 408 g/mol. The van der Waals surface area contributed by atoms with Gasteiger partial charge in [0, 0.05) is 23.5 Å². The molecule has 0 aliphatic heterocycles. The first-order valence-electron chi connectivity index (χ1n) is 9.04. The molecule has 2 heterocycles. The number of ether oxygens (including phenoxy) is 1. The van der Waals surface area contributed by atoms with Gasteiger partial charge in [-0.15, -0.1) is 0 Å². The third-order valence-corrected chi connectivity index (χ3v) is 4.30. The lowest BCUT2D eigenvalue weighted by molar-refractivity contribution is 0.102. The maximum absolute atomic E-state index is 12.3. The van der Waals surface area contributed by atoms with Crippen molar-refractivity contribution in [1.82, 2.24) is 9.97 Å². The average Bonchev–Trinajstić information content (AvgIpc) is 2.69. The van der Waals surface area contributed by atoms with E-state index in [0.717, 1.165) is 5.69 Å². The van der Waals surface area contributed by atoms with Gasteiger partial charge in [-0.2, -0.15) is 0 Å². The number of aromatic nitrogens is 2. The Morgan fingerprint density at radius 2 is 1.80 bits per heavy atom. The smallest absolute Gasteiger partial charge is 0.410 e. The van der Waals surface area contributed by atoms with E-state index in [9.17, 15) is 9.59 Å². The van der Waals surface area contributed by atoms with Crippen LogP contribution in [0.25, 0.3) is 0 Å². The second-order valence-electron chi connectivity index (χ2n) is 6.31. The molecule has 0 saturated carbocycles. The van der Waals surface area contributed by atoms with Gasteiger partial charge in [0.15, 0.2) is 0 Å². The fraction of sp³-hybridized carbons (Fsp3) is 0.143. The summed E-state index contributed by atoms with van der Waals surface area (Å²) >= 11 is 6.03. The van der Waals surface area contributed by atoms with Crippen LogP contribution in [0.15, 0.2) is 54.6 Å². The number of benzene rings is 1. The summed E-state index contributed by atoms with van der Waals surface area (Å²) in [6, 6.07) is 15.4. The fourth-order valence-electron chi connectivity index (χ4n) is 2.60. The molecule has 30 heavy (non-hydrogen) atoms. The van der Waals surface area contributed by atoms with Crippen LogP contribution in [-0.2, 0) is 6.42 Å². The Morgan fingerprint density at radius 3 is 2.50 bits per heavy atom. The molecule has 3 rings (SSSR count). The Balaban J connectivity index is 1.52. The number of nitrogens with one attached hydrogen (secondary N) is 2. The maximum Gasteiger partial charge on any atom is 0.410 e. The summed E-state index contributed by atoms with van der Waals surface area (Å²) in [5.41, 5.74) is 2.33. The van der Waals surface area contributed by atoms with E-state index in [1.165, 1.54) is 0 Å². The fourth-order valence-corrected chi connectivity index (χ4v) is 2.88. The molecule has 9 heteroatoms. The monoisotopic (exact) mass is 426 g/mol. The van der Waals surface area contributed by atoms with Gasteiger partial charge in [-0.25, -0.2) is 14.8 Å². The Bertz CT molecular complexity index is 1060. The highest BCUT2D eigenvalue weighted by Gasteiger charge is 2.12. The van der Waals surface area contributed by atoms with Crippen LogP contribution in [0.4, 0.5) is 16.3 Å². The number of hydrogen-bond acceptors (Lipinski definition) is 5. The van der Waals surface area contributed by atoms with E-state index in [4.69, 9.17) is 21.4 Å². The molecule has 2 amide bonds. The molecule has 0 atom stereocenters. The van der Waals surface area contributed by atoms with E-state index >= 15 is 0 Å². The van der Waals surface area contributed by atoms with Crippen molar-refractivity contribution >= 4 is 35.1 Å². The van der Waals surface area contributed by atoms with Gasteiger partial charge in [-0.05, 0) is 55.5 Å². The summed E-state index contributed by atoms with van der Waals surface area (Å²) in [5, 5.41) is 13.9. The van der Waals surface area contributed by atoms with Crippen LogP contribution in [0.2, 0.25) is 5.15 Å². The SMILES string of the molecule is Cc1ccc(C(=O)Nc2ccc(OCCc3cccc(NC(=O)O)n3)cc2)c(Cl)n1. The molecule has 3 aromatic rings. The van der Waals surface area contributed by atoms with E-state index in [-0.39, 0.29) is 16.9 Å². The maximum atomic E-state index is 12.3. The molecule has 2 aromatic heterocycles. The highest BCUT2D eigenvalue weighted by atomic mass is 35.5. The normalized spacial score (nSPS) is 10.3. The van der Waals surface area contributed by atoms with Crippen molar-refractivity contribution < 1.29 is 19.4 Å². The minimum atomic E-state index is -1.16. The minimum Gasteiger partial charge on any atom is -0.493 e. The molecule has 0 aliphatic rings. The number of carbonyl (C=O) groups excluding carboxylic acids is 1. The number of hydrogen-bond donors (Lipinski definition) is 3. The molecule has 0 saturated heterocycles. The third-order valence-electron chi connectivity index (χ3n) is 4.01. The molecule has 154 valence electrons. The number of rotatable bonds is 7. The van der Waals surface area contributed by atoms with E-state index in [2.05, 4.69) is 20.6 Å². The molecule has 0 unspecified atom stereocenters. The summed E-state index contributed by atoms with van der Waals surface area (Å²) in [7, 11) is 0. The number of carboxylic acid groups (broad SMARTS) is 1. The van der Waals surface area contributed by atoms with Gasteiger partial charge < -0.3 is 15.2 Å².